The average Bonchev–Trinajstić information content (AvgIpc) is 3.50. The smallest absolute Gasteiger partial charge is 0.314 e. The zero-order chi connectivity index (χ0) is 23.5. The van der Waals surface area contributed by atoms with Crippen LogP contribution in [-0.2, 0) is 19.2 Å². The van der Waals surface area contributed by atoms with Crippen molar-refractivity contribution in [2.24, 2.45) is 17.8 Å². The number of likely N-dealkylation sites (tertiary alicyclic amines) is 1. The van der Waals surface area contributed by atoms with E-state index in [1.165, 1.54) is 29.2 Å². The van der Waals surface area contributed by atoms with E-state index in [1.807, 2.05) is 6.07 Å². The fourth-order valence-corrected chi connectivity index (χ4v) is 5.27. The van der Waals surface area contributed by atoms with Crippen LogP contribution >= 0.6 is 0 Å². The molecule has 0 unspecified atom stereocenters. The van der Waals surface area contributed by atoms with Crippen LogP contribution in [0.2, 0.25) is 0 Å². The summed E-state index contributed by atoms with van der Waals surface area (Å²) in [5.41, 5.74) is -0.115. The van der Waals surface area contributed by atoms with Crippen LogP contribution in [0.5, 0.6) is 0 Å². The topological polar surface area (TPSA) is 131 Å². The van der Waals surface area contributed by atoms with Gasteiger partial charge in [0, 0.05) is 19.0 Å². The zero-order valence-electron chi connectivity index (χ0n) is 18.1. The van der Waals surface area contributed by atoms with E-state index in [0.29, 0.717) is 13.0 Å². The van der Waals surface area contributed by atoms with Crippen molar-refractivity contribution < 1.29 is 23.6 Å². The summed E-state index contributed by atoms with van der Waals surface area (Å²) in [6, 6.07) is 5.79. The van der Waals surface area contributed by atoms with E-state index in [0.717, 1.165) is 19.3 Å². The highest BCUT2D eigenvalue weighted by molar-refractivity contribution is 6.40. The number of nitrogens with one attached hydrogen (secondary N) is 3. The lowest BCUT2D eigenvalue weighted by Gasteiger charge is -2.27. The maximum Gasteiger partial charge on any atom is 0.314 e. The molecule has 10 heteroatoms. The summed E-state index contributed by atoms with van der Waals surface area (Å²) in [5.74, 6) is -3.59. The molecule has 1 aromatic rings. The summed E-state index contributed by atoms with van der Waals surface area (Å²) >= 11 is 0. The molecule has 0 bridgehead atoms. The average molecular weight is 455 g/mol. The van der Waals surface area contributed by atoms with Gasteiger partial charge in [-0.2, -0.15) is 5.26 Å². The molecule has 1 aliphatic carbocycles. The normalized spacial score (nSPS) is 26.8. The van der Waals surface area contributed by atoms with Gasteiger partial charge in [0.1, 0.15) is 17.9 Å². The molecule has 174 valence electrons. The molecule has 1 saturated carbocycles. The van der Waals surface area contributed by atoms with Gasteiger partial charge in [-0.3, -0.25) is 19.2 Å². The van der Waals surface area contributed by atoms with Crippen molar-refractivity contribution in [3.05, 3.63) is 30.1 Å². The van der Waals surface area contributed by atoms with Crippen molar-refractivity contribution >= 4 is 29.3 Å². The van der Waals surface area contributed by atoms with Gasteiger partial charge in [-0.1, -0.05) is 18.6 Å². The number of benzene rings is 1. The largest absolute Gasteiger partial charge is 0.356 e. The molecule has 3 aliphatic rings. The first-order valence-corrected chi connectivity index (χ1v) is 11.2. The number of rotatable bonds is 5. The number of nitrogens with zero attached hydrogens (tertiary/aromatic N) is 2. The molecule has 3 fully saturated rings. The number of carbonyl (C=O) groups is 4. The number of anilines is 1. The number of amides is 4. The van der Waals surface area contributed by atoms with Crippen molar-refractivity contribution in [1.29, 1.82) is 5.26 Å². The van der Waals surface area contributed by atoms with Crippen LogP contribution in [0.1, 0.15) is 32.1 Å². The van der Waals surface area contributed by atoms with Crippen LogP contribution in [0.25, 0.3) is 0 Å². The number of hydrogen-bond donors (Lipinski definition) is 3. The van der Waals surface area contributed by atoms with E-state index in [2.05, 4.69) is 16.0 Å². The van der Waals surface area contributed by atoms with Crippen LogP contribution in [-0.4, -0.2) is 53.7 Å². The second kappa shape index (κ2) is 9.57. The molecule has 5 atom stereocenters. The van der Waals surface area contributed by atoms with Gasteiger partial charge in [0.15, 0.2) is 0 Å². The first-order valence-electron chi connectivity index (χ1n) is 11.2. The van der Waals surface area contributed by atoms with Gasteiger partial charge in [0.2, 0.25) is 11.8 Å². The van der Waals surface area contributed by atoms with E-state index in [4.69, 9.17) is 0 Å². The van der Waals surface area contributed by atoms with Gasteiger partial charge in [0.25, 0.3) is 0 Å². The van der Waals surface area contributed by atoms with Gasteiger partial charge >= 0.3 is 11.8 Å². The highest BCUT2D eigenvalue weighted by atomic mass is 19.1. The van der Waals surface area contributed by atoms with Crippen molar-refractivity contribution in [1.82, 2.24) is 15.5 Å². The minimum Gasteiger partial charge on any atom is -0.356 e. The maximum absolute atomic E-state index is 13.9. The molecule has 0 aromatic heterocycles. The number of carbonyl (C=O) groups excluding carboxylic acids is 4. The third kappa shape index (κ3) is 4.67. The fourth-order valence-electron chi connectivity index (χ4n) is 5.27. The van der Waals surface area contributed by atoms with Crippen LogP contribution in [0.3, 0.4) is 0 Å². The number of para-hydroxylation sites is 1. The van der Waals surface area contributed by atoms with E-state index >= 15 is 0 Å². The minimum absolute atomic E-state index is 0.0899. The Hall–Kier alpha value is -3.48. The minimum atomic E-state index is -1.02. The number of hydrogen-bond acceptors (Lipinski definition) is 5. The molecular formula is C23H26FN5O4. The molecule has 9 nitrogen and oxygen atoms in total. The highest BCUT2D eigenvalue weighted by Crippen LogP contribution is 2.42. The quantitative estimate of drug-likeness (QED) is 0.569. The SMILES string of the molecule is N#C[C@H](C[C@@H]1CCNC1=O)NC(=O)[C@@H]1[C@H]2CCC[C@H]2CN1C(=O)C(=O)Nc1ccccc1F. The Balaban J connectivity index is 1.47. The monoisotopic (exact) mass is 455 g/mol. The molecule has 3 N–H and O–H groups in total. The lowest BCUT2D eigenvalue weighted by Crippen LogP contribution is -2.53. The predicted molar refractivity (Wildman–Crippen MR) is 115 cm³/mol. The van der Waals surface area contributed by atoms with Crippen molar-refractivity contribution in [3.8, 4) is 6.07 Å². The molecule has 1 aromatic carbocycles. The third-order valence-electron chi connectivity index (χ3n) is 6.89. The summed E-state index contributed by atoms with van der Waals surface area (Å²) in [4.78, 5) is 51.9. The van der Waals surface area contributed by atoms with Crippen molar-refractivity contribution in [3.63, 3.8) is 0 Å². The van der Waals surface area contributed by atoms with Crippen molar-refractivity contribution in [2.45, 2.75) is 44.2 Å². The summed E-state index contributed by atoms with van der Waals surface area (Å²) < 4.78 is 13.9. The number of nitriles is 1. The molecule has 4 amide bonds. The van der Waals surface area contributed by atoms with Gasteiger partial charge in [-0.15, -0.1) is 0 Å². The van der Waals surface area contributed by atoms with Gasteiger partial charge < -0.3 is 20.9 Å². The van der Waals surface area contributed by atoms with E-state index < -0.39 is 35.6 Å². The molecular weight excluding hydrogens is 429 g/mol. The standard InChI is InChI=1S/C23H26FN5O4/c24-17-6-1-2-7-18(17)28-22(32)23(33)29-12-14-4-3-5-16(14)19(29)21(31)27-15(11-25)10-13-8-9-26-20(13)30/h1-2,6-7,13-16,19H,3-5,8-10,12H2,(H,26,30)(H,27,31)(H,28,32)/t13-,14-,15-,16-,19-/m0/s1. The first kappa shape index (κ1) is 22.7. The summed E-state index contributed by atoms with van der Waals surface area (Å²) in [6.45, 7) is 0.801. The molecule has 2 heterocycles. The molecule has 2 saturated heterocycles. The Morgan fingerprint density at radius 3 is 2.73 bits per heavy atom. The second-order valence-electron chi connectivity index (χ2n) is 8.89. The fraction of sp³-hybridized carbons (Fsp3) is 0.522. The Bertz CT molecular complexity index is 1010. The summed E-state index contributed by atoms with van der Waals surface area (Å²) in [5, 5.41) is 17.2. The Kier molecular flexibility index (Phi) is 6.58. The Morgan fingerprint density at radius 1 is 1.24 bits per heavy atom. The lowest BCUT2D eigenvalue weighted by molar-refractivity contribution is -0.146. The zero-order valence-corrected chi connectivity index (χ0v) is 18.1. The number of fused-ring (bicyclic) bond motifs is 1. The molecule has 0 spiro atoms. The van der Waals surface area contributed by atoms with Crippen LogP contribution in [0.4, 0.5) is 10.1 Å². The van der Waals surface area contributed by atoms with E-state index in [-0.39, 0.29) is 42.3 Å². The summed E-state index contributed by atoms with van der Waals surface area (Å²) in [7, 11) is 0. The Labute approximate surface area is 190 Å². The van der Waals surface area contributed by atoms with Crippen LogP contribution in [0.15, 0.2) is 24.3 Å². The third-order valence-corrected chi connectivity index (χ3v) is 6.89. The van der Waals surface area contributed by atoms with Crippen molar-refractivity contribution in [2.75, 3.05) is 18.4 Å². The first-order chi connectivity index (χ1) is 15.9. The Morgan fingerprint density at radius 2 is 2.03 bits per heavy atom. The van der Waals surface area contributed by atoms with Crippen LogP contribution in [0, 0.1) is 34.9 Å². The lowest BCUT2D eigenvalue weighted by atomic mass is 9.92. The van der Waals surface area contributed by atoms with Crippen LogP contribution < -0.4 is 16.0 Å². The highest BCUT2D eigenvalue weighted by Gasteiger charge is 2.50. The predicted octanol–water partition coefficient (Wildman–Crippen LogP) is 0.926. The molecule has 33 heavy (non-hydrogen) atoms. The van der Waals surface area contributed by atoms with Gasteiger partial charge in [-0.25, -0.2) is 4.39 Å². The number of halogens is 1. The molecule has 4 rings (SSSR count). The van der Waals surface area contributed by atoms with Gasteiger partial charge in [-0.05, 0) is 49.7 Å². The second-order valence-corrected chi connectivity index (χ2v) is 8.89. The van der Waals surface area contributed by atoms with Gasteiger partial charge in [0.05, 0.1) is 11.8 Å². The maximum atomic E-state index is 13.9. The summed E-state index contributed by atoms with van der Waals surface area (Å²) in [6.07, 6.45) is 3.30. The van der Waals surface area contributed by atoms with E-state index in [1.54, 1.807) is 0 Å². The molecule has 0 radical (unpaired) electrons. The molecule has 2 aliphatic heterocycles. The van der Waals surface area contributed by atoms with E-state index in [9.17, 15) is 28.8 Å².